The van der Waals surface area contributed by atoms with Crippen molar-refractivity contribution in [1.82, 2.24) is 20.1 Å². The number of nitriles is 1. The predicted molar refractivity (Wildman–Crippen MR) is 109 cm³/mol. The average Bonchev–Trinajstić information content (AvgIpc) is 3.43. The highest BCUT2D eigenvalue weighted by Crippen LogP contribution is 2.32. The number of nitrogens with zero attached hydrogens (tertiary/aromatic N) is 4. The molecule has 1 aromatic carbocycles. The Morgan fingerprint density at radius 2 is 1.94 bits per heavy atom. The van der Waals surface area contributed by atoms with Gasteiger partial charge in [-0.2, -0.15) is 10.4 Å². The van der Waals surface area contributed by atoms with Crippen LogP contribution in [-0.2, 0) is 0 Å². The number of nitrogens with two attached hydrogens (primary N) is 1. The fraction of sp³-hybridized carbons (Fsp3) is 0.286. The van der Waals surface area contributed by atoms with E-state index in [9.17, 15) is 14.0 Å². The SMILES string of the molecule is COc1cc(OC)c(F)c(C#Cc2nn([C@H]3CCNC3)c3c(C#N)cnc(N)c23)c1F. The Balaban J connectivity index is 1.95. The third kappa shape index (κ3) is 3.37. The number of ether oxygens (including phenoxy) is 2. The monoisotopic (exact) mass is 424 g/mol. The number of anilines is 1. The molecule has 0 radical (unpaired) electrons. The molecular formula is C21H18F2N6O2. The van der Waals surface area contributed by atoms with Crippen LogP contribution in [0.3, 0.4) is 0 Å². The molecule has 10 heteroatoms. The lowest BCUT2D eigenvalue weighted by molar-refractivity contribution is 0.357. The van der Waals surface area contributed by atoms with Gasteiger partial charge >= 0.3 is 0 Å². The number of methoxy groups -OCH3 is 2. The van der Waals surface area contributed by atoms with Crippen molar-refractivity contribution in [2.45, 2.75) is 12.5 Å². The van der Waals surface area contributed by atoms with Crippen LogP contribution in [-0.4, -0.2) is 42.1 Å². The molecule has 1 saturated heterocycles. The van der Waals surface area contributed by atoms with Crippen LogP contribution in [0.2, 0.25) is 0 Å². The smallest absolute Gasteiger partial charge is 0.183 e. The van der Waals surface area contributed by atoms with E-state index in [-0.39, 0.29) is 34.6 Å². The van der Waals surface area contributed by atoms with E-state index in [1.54, 1.807) is 4.68 Å². The Morgan fingerprint density at radius 1 is 1.23 bits per heavy atom. The van der Waals surface area contributed by atoms with E-state index in [4.69, 9.17) is 15.2 Å². The van der Waals surface area contributed by atoms with Gasteiger partial charge < -0.3 is 20.5 Å². The number of pyridine rings is 1. The minimum atomic E-state index is -0.958. The zero-order valence-electron chi connectivity index (χ0n) is 16.8. The molecule has 0 aliphatic carbocycles. The summed E-state index contributed by atoms with van der Waals surface area (Å²) in [4.78, 5) is 4.05. The van der Waals surface area contributed by atoms with Crippen molar-refractivity contribution in [3.8, 4) is 29.4 Å². The molecule has 31 heavy (non-hydrogen) atoms. The summed E-state index contributed by atoms with van der Waals surface area (Å²) in [6, 6.07) is 3.18. The molecule has 3 heterocycles. The van der Waals surface area contributed by atoms with E-state index in [1.165, 1.54) is 20.4 Å². The van der Waals surface area contributed by atoms with Gasteiger partial charge in [-0.15, -0.1) is 0 Å². The number of nitrogens with one attached hydrogen (secondary N) is 1. The molecular weight excluding hydrogens is 406 g/mol. The molecule has 158 valence electrons. The Morgan fingerprint density at radius 3 is 2.52 bits per heavy atom. The average molecular weight is 424 g/mol. The molecule has 0 bridgehead atoms. The Kier molecular flexibility index (Phi) is 5.32. The van der Waals surface area contributed by atoms with Gasteiger partial charge in [-0.25, -0.2) is 13.8 Å². The topological polar surface area (TPSA) is 111 Å². The standard InChI is InChI=1S/C21H18F2N6O2/c1-30-15-7-16(31-2)19(23)13(18(15)22)3-4-14-17-20(11(8-24)9-27-21(17)25)29(28-14)12-5-6-26-10-12/h7,9,12,26H,5-6,10H2,1-2H3,(H2,25,27)/t12-/m0/s1. The van der Waals surface area contributed by atoms with Crippen molar-refractivity contribution in [3.05, 3.63) is 40.7 Å². The first-order valence-corrected chi connectivity index (χ1v) is 9.39. The molecule has 4 rings (SSSR count). The second-order valence-corrected chi connectivity index (χ2v) is 6.87. The van der Waals surface area contributed by atoms with Gasteiger partial charge in [0.15, 0.2) is 23.1 Å². The molecule has 1 aliphatic heterocycles. The predicted octanol–water partition coefficient (Wildman–Crippen LogP) is 2.11. The maximum Gasteiger partial charge on any atom is 0.183 e. The van der Waals surface area contributed by atoms with Crippen LogP contribution in [0.4, 0.5) is 14.6 Å². The van der Waals surface area contributed by atoms with Gasteiger partial charge in [0.2, 0.25) is 0 Å². The summed E-state index contributed by atoms with van der Waals surface area (Å²) in [7, 11) is 2.52. The molecule has 2 aromatic heterocycles. The van der Waals surface area contributed by atoms with Crippen LogP contribution in [0.25, 0.3) is 10.9 Å². The first-order valence-electron chi connectivity index (χ1n) is 9.39. The van der Waals surface area contributed by atoms with Crippen LogP contribution < -0.4 is 20.5 Å². The summed E-state index contributed by atoms with van der Waals surface area (Å²) in [6.07, 6.45) is 2.18. The van der Waals surface area contributed by atoms with Gasteiger partial charge in [0.25, 0.3) is 0 Å². The van der Waals surface area contributed by atoms with Gasteiger partial charge in [0, 0.05) is 18.8 Å². The molecule has 1 aliphatic rings. The van der Waals surface area contributed by atoms with E-state index >= 15 is 0 Å². The van der Waals surface area contributed by atoms with Crippen molar-refractivity contribution in [2.24, 2.45) is 0 Å². The van der Waals surface area contributed by atoms with Crippen LogP contribution in [0, 0.1) is 34.8 Å². The van der Waals surface area contributed by atoms with E-state index in [0.717, 1.165) is 19.0 Å². The third-order valence-corrected chi connectivity index (χ3v) is 5.13. The summed E-state index contributed by atoms with van der Waals surface area (Å²) in [5, 5.41) is 17.7. The molecule has 0 amide bonds. The van der Waals surface area contributed by atoms with Crippen molar-refractivity contribution >= 4 is 16.7 Å². The van der Waals surface area contributed by atoms with Crippen molar-refractivity contribution < 1.29 is 18.3 Å². The van der Waals surface area contributed by atoms with Gasteiger partial charge in [0.05, 0.1) is 36.7 Å². The minimum absolute atomic E-state index is 0.0164. The lowest BCUT2D eigenvalue weighted by atomic mass is 10.1. The fourth-order valence-electron chi connectivity index (χ4n) is 3.59. The number of nitrogen functional groups attached to an aromatic ring is 1. The van der Waals surface area contributed by atoms with E-state index in [1.807, 2.05) is 0 Å². The van der Waals surface area contributed by atoms with E-state index in [0.29, 0.717) is 17.4 Å². The van der Waals surface area contributed by atoms with Crippen molar-refractivity contribution in [2.75, 3.05) is 33.0 Å². The van der Waals surface area contributed by atoms with E-state index in [2.05, 4.69) is 33.3 Å². The highest BCUT2D eigenvalue weighted by Gasteiger charge is 2.25. The first kappa shape index (κ1) is 20.4. The first-order chi connectivity index (χ1) is 15.0. The Bertz CT molecular complexity index is 1250. The molecule has 1 fully saturated rings. The molecule has 0 spiro atoms. The zero-order chi connectivity index (χ0) is 22.1. The molecule has 3 N–H and O–H groups in total. The van der Waals surface area contributed by atoms with Crippen LogP contribution in [0.5, 0.6) is 11.5 Å². The molecule has 0 unspecified atom stereocenters. The second kappa shape index (κ2) is 8.09. The number of hydrogen-bond acceptors (Lipinski definition) is 7. The number of rotatable bonds is 3. The highest BCUT2D eigenvalue weighted by atomic mass is 19.1. The van der Waals surface area contributed by atoms with Gasteiger partial charge in [-0.3, -0.25) is 4.68 Å². The lowest BCUT2D eigenvalue weighted by Gasteiger charge is -2.11. The molecule has 8 nitrogen and oxygen atoms in total. The maximum absolute atomic E-state index is 14.7. The maximum atomic E-state index is 14.7. The minimum Gasteiger partial charge on any atom is -0.493 e. The molecule has 3 aromatic rings. The van der Waals surface area contributed by atoms with Gasteiger partial charge in [-0.05, 0) is 18.9 Å². The summed E-state index contributed by atoms with van der Waals surface area (Å²) < 4.78 is 40.9. The number of benzene rings is 1. The normalized spacial score (nSPS) is 15.4. The van der Waals surface area contributed by atoms with Crippen LogP contribution >= 0.6 is 0 Å². The summed E-state index contributed by atoms with van der Waals surface area (Å²) in [5.74, 6) is 2.99. The Hall–Kier alpha value is -3.89. The third-order valence-electron chi connectivity index (χ3n) is 5.13. The molecule has 0 saturated carbocycles. The van der Waals surface area contributed by atoms with Gasteiger partial charge in [-0.1, -0.05) is 5.92 Å². The fourth-order valence-corrected chi connectivity index (χ4v) is 3.59. The summed E-state index contributed by atoms with van der Waals surface area (Å²) in [6.45, 7) is 1.46. The van der Waals surface area contributed by atoms with Gasteiger partial charge in [0.1, 0.15) is 23.1 Å². The lowest BCUT2D eigenvalue weighted by Crippen LogP contribution is -2.15. The number of hydrogen-bond donors (Lipinski definition) is 2. The molecule has 1 atom stereocenters. The second-order valence-electron chi connectivity index (χ2n) is 6.87. The summed E-state index contributed by atoms with van der Waals surface area (Å²) >= 11 is 0. The van der Waals surface area contributed by atoms with E-state index < -0.39 is 17.2 Å². The number of fused-ring (bicyclic) bond motifs is 1. The van der Waals surface area contributed by atoms with Crippen LogP contribution in [0.1, 0.15) is 29.3 Å². The number of halogens is 2. The largest absolute Gasteiger partial charge is 0.493 e. The highest BCUT2D eigenvalue weighted by molar-refractivity contribution is 5.96. The van der Waals surface area contributed by atoms with Crippen molar-refractivity contribution in [3.63, 3.8) is 0 Å². The number of aromatic nitrogens is 3. The summed E-state index contributed by atoms with van der Waals surface area (Å²) in [5.41, 5.74) is 6.50. The Labute approximate surface area is 176 Å². The quantitative estimate of drug-likeness (QED) is 0.620. The van der Waals surface area contributed by atoms with Crippen LogP contribution in [0.15, 0.2) is 12.3 Å². The van der Waals surface area contributed by atoms with Crippen molar-refractivity contribution in [1.29, 1.82) is 5.26 Å². The zero-order valence-corrected chi connectivity index (χ0v) is 16.8.